The van der Waals surface area contributed by atoms with Gasteiger partial charge in [-0.05, 0) is 65.8 Å². The molecular weight excluding hydrogens is 408 g/mol. The predicted octanol–water partition coefficient (Wildman–Crippen LogP) is 6.37. The van der Waals surface area contributed by atoms with Gasteiger partial charge in [0.1, 0.15) is 0 Å². The normalized spacial score (nSPS) is 14.6. The molecule has 0 saturated carbocycles. The van der Waals surface area contributed by atoms with Crippen LogP contribution in [0, 0.1) is 0 Å². The predicted molar refractivity (Wildman–Crippen MR) is 130 cm³/mol. The van der Waals surface area contributed by atoms with Crippen molar-refractivity contribution in [2.24, 2.45) is 0 Å². The van der Waals surface area contributed by atoms with E-state index in [1.807, 2.05) is 48.5 Å². The molecule has 0 spiro atoms. The Balaban J connectivity index is 0.00000272. The number of fused-ring (bicyclic) bond motifs is 1. The van der Waals surface area contributed by atoms with Gasteiger partial charge in [0, 0.05) is 16.3 Å². The summed E-state index contributed by atoms with van der Waals surface area (Å²) in [4.78, 5) is 13.2. The minimum absolute atomic E-state index is 0. The van der Waals surface area contributed by atoms with Crippen LogP contribution in [-0.2, 0) is 6.42 Å². The lowest BCUT2D eigenvalue weighted by atomic mass is 9.93. The molecule has 3 aromatic rings. The minimum Gasteiger partial charge on any atom is -0.397 e. The van der Waals surface area contributed by atoms with E-state index in [4.69, 9.17) is 17.3 Å². The number of rotatable bonds is 5. The SMILES string of the molecule is CC(C)c1c(C(=O)N[C@H]2CCc3ccccc32)ccc(Nc2cccc(Cl)c2)c1N.N. The Hall–Kier alpha value is -3.02. The quantitative estimate of drug-likeness (QED) is 0.349. The lowest BCUT2D eigenvalue weighted by molar-refractivity contribution is 0.0935. The van der Waals surface area contributed by atoms with Gasteiger partial charge in [-0.1, -0.05) is 55.8 Å². The molecule has 162 valence electrons. The van der Waals surface area contributed by atoms with Crippen LogP contribution in [0.25, 0.3) is 0 Å². The largest absolute Gasteiger partial charge is 0.397 e. The number of hydrogen-bond acceptors (Lipinski definition) is 4. The molecule has 0 saturated heterocycles. The smallest absolute Gasteiger partial charge is 0.252 e. The van der Waals surface area contributed by atoms with Crippen molar-refractivity contribution < 1.29 is 4.79 Å². The van der Waals surface area contributed by atoms with Gasteiger partial charge in [-0.15, -0.1) is 0 Å². The molecule has 0 aromatic heterocycles. The summed E-state index contributed by atoms with van der Waals surface area (Å²) in [5.41, 5.74) is 12.7. The first-order valence-corrected chi connectivity index (χ1v) is 10.7. The molecule has 7 N–H and O–H groups in total. The first-order chi connectivity index (χ1) is 14.4. The molecule has 3 aromatic carbocycles. The van der Waals surface area contributed by atoms with Crippen LogP contribution in [0.5, 0.6) is 0 Å². The number of anilines is 3. The maximum Gasteiger partial charge on any atom is 0.252 e. The van der Waals surface area contributed by atoms with Crippen LogP contribution in [0.15, 0.2) is 60.7 Å². The number of carbonyl (C=O) groups excluding carboxylic acids is 1. The molecule has 6 heteroatoms. The Morgan fingerprint density at radius 3 is 2.61 bits per heavy atom. The Kier molecular flexibility index (Phi) is 6.88. The highest BCUT2D eigenvalue weighted by atomic mass is 35.5. The molecule has 0 heterocycles. The second-order valence-electron chi connectivity index (χ2n) is 8.04. The molecular formula is C25H29ClN4O. The summed E-state index contributed by atoms with van der Waals surface area (Å²) in [7, 11) is 0. The third kappa shape index (κ3) is 4.68. The van der Waals surface area contributed by atoms with E-state index in [1.165, 1.54) is 11.1 Å². The Labute approximate surface area is 188 Å². The van der Waals surface area contributed by atoms with Crippen LogP contribution < -0.4 is 22.5 Å². The molecule has 1 aliphatic carbocycles. The Bertz CT molecular complexity index is 1100. The average molecular weight is 437 g/mol. The molecule has 0 aliphatic heterocycles. The lowest BCUT2D eigenvalue weighted by Gasteiger charge is -2.21. The van der Waals surface area contributed by atoms with Crippen LogP contribution in [0.4, 0.5) is 17.1 Å². The first kappa shape index (κ1) is 22.7. The molecule has 0 radical (unpaired) electrons. The van der Waals surface area contributed by atoms with E-state index in [9.17, 15) is 4.79 Å². The van der Waals surface area contributed by atoms with Crippen LogP contribution >= 0.6 is 11.6 Å². The van der Waals surface area contributed by atoms with E-state index in [0.29, 0.717) is 16.3 Å². The standard InChI is InChI=1S/C25H26ClN3O.H3N/c1-15(2)23-20(25(30)29-21-12-10-16-6-3-4-9-19(16)21)11-13-22(24(23)27)28-18-8-5-7-17(26)14-18;/h3-9,11,13-15,21,28H,10,12,27H2,1-2H3,(H,29,30);1H3/t21-;/m0./s1. The van der Waals surface area contributed by atoms with E-state index in [2.05, 4.69) is 36.6 Å². The maximum absolute atomic E-state index is 13.2. The number of nitrogen functional groups attached to an aromatic ring is 1. The van der Waals surface area contributed by atoms with Crippen molar-refractivity contribution in [2.45, 2.75) is 38.6 Å². The monoisotopic (exact) mass is 436 g/mol. The number of hydrogen-bond donors (Lipinski definition) is 4. The van der Waals surface area contributed by atoms with Gasteiger partial charge in [-0.25, -0.2) is 0 Å². The summed E-state index contributed by atoms with van der Waals surface area (Å²) in [5, 5.41) is 7.19. The third-order valence-corrected chi connectivity index (χ3v) is 5.89. The zero-order valence-corrected chi connectivity index (χ0v) is 18.7. The Morgan fingerprint density at radius 2 is 1.87 bits per heavy atom. The van der Waals surface area contributed by atoms with Gasteiger partial charge in [0.15, 0.2) is 0 Å². The molecule has 1 amide bonds. The zero-order valence-electron chi connectivity index (χ0n) is 17.9. The number of nitrogens with one attached hydrogen (secondary N) is 2. The number of nitrogens with two attached hydrogens (primary N) is 1. The van der Waals surface area contributed by atoms with Crippen molar-refractivity contribution in [1.29, 1.82) is 0 Å². The molecule has 0 fully saturated rings. The van der Waals surface area contributed by atoms with Crippen molar-refractivity contribution in [1.82, 2.24) is 11.5 Å². The summed E-state index contributed by atoms with van der Waals surface area (Å²) in [6.45, 7) is 4.10. The van der Waals surface area contributed by atoms with Gasteiger partial charge >= 0.3 is 0 Å². The number of aryl methyl sites for hydroxylation is 1. The zero-order chi connectivity index (χ0) is 21.3. The third-order valence-electron chi connectivity index (χ3n) is 5.65. The van der Waals surface area contributed by atoms with Gasteiger partial charge in [-0.3, -0.25) is 4.79 Å². The van der Waals surface area contributed by atoms with Gasteiger partial charge in [0.25, 0.3) is 5.91 Å². The van der Waals surface area contributed by atoms with Crippen molar-refractivity contribution >= 4 is 34.6 Å². The van der Waals surface area contributed by atoms with E-state index < -0.39 is 0 Å². The van der Waals surface area contributed by atoms with E-state index >= 15 is 0 Å². The van der Waals surface area contributed by atoms with Crippen molar-refractivity contribution in [2.75, 3.05) is 11.1 Å². The van der Waals surface area contributed by atoms with Gasteiger partial charge in [-0.2, -0.15) is 0 Å². The highest BCUT2D eigenvalue weighted by Gasteiger charge is 2.26. The van der Waals surface area contributed by atoms with Gasteiger partial charge in [0.05, 0.1) is 17.4 Å². The van der Waals surface area contributed by atoms with Crippen LogP contribution in [0.2, 0.25) is 5.02 Å². The highest BCUT2D eigenvalue weighted by molar-refractivity contribution is 6.30. The summed E-state index contributed by atoms with van der Waals surface area (Å²) in [5.74, 6) is 0.0177. The van der Waals surface area contributed by atoms with Gasteiger partial charge in [0.2, 0.25) is 0 Å². The lowest BCUT2D eigenvalue weighted by Crippen LogP contribution is -2.28. The fraction of sp³-hybridized carbons (Fsp3) is 0.240. The van der Waals surface area contributed by atoms with Crippen molar-refractivity contribution in [3.8, 4) is 0 Å². The number of halogens is 1. The van der Waals surface area contributed by atoms with Crippen LogP contribution in [-0.4, -0.2) is 5.91 Å². The van der Waals surface area contributed by atoms with Crippen LogP contribution in [0.3, 0.4) is 0 Å². The number of benzene rings is 3. The Morgan fingerprint density at radius 1 is 1.10 bits per heavy atom. The molecule has 0 bridgehead atoms. The molecule has 0 unspecified atom stereocenters. The van der Waals surface area contributed by atoms with Crippen molar-refractivity contribution in [3.05, 3.63) is 87.9 Å². The van der Waals surface area contributed by atoms with E-state index in [-0.39, 0.29) is 24.0 Å². The van der Waals surface area contributed by atoms with Crippen LogP contribution in [0.1, 0.15) is 59.3 Å². The number of amides is 1. The summed E-state index contributed by atoms with van der Waals surface area (Å²) < 4.78 is 0. The summed E-state index contributed by atoms with van der Waals surface area (Å²) >= 11 is 6.09. The fourth-order valence-electron chi connectivity index (χ4n) is 4.23. The fourth-order valence-corrected chi connectivity index (χ4v) is 4.42. The maximum atomic E-state index is 13.2. The molecule has 31 heavy (non-hydrogen) atoms. The average Bonchev–Trinajstić information content (AvgIpc) is 3.12. The molecule has 1 atom stereocenters. The summed E-state index contributed by atoms with van der Waals surface area (Å²) in [6.07, 6.45) is 1.91. The second kappa shape index (κ2) is 9.41. The molecule has 4 rings (SSSR count). The second-order valence-corrected chi connectivity index (χ2v) is 8.48. The topological polar surface area (TPSA) is 102 Å². The minimum atomic E-state index is -0.0820. The van der Waals surface area contributed by atoms with Gasteiger partial charge < -0.3 is 22.5 Å². The number of carbonyl (C=O) groups is 1. The van der Waals surface area contributed by atoms with E-state index in [0.717, 1.165) is 29.8 Å². The highest BCUT2D eigenvalue weighted by Crippen LogP contribution is 2.36. The molecule has 5 nitrogen and oxygen atoms in total. The van der Waals surface area contributed by atoms with Crippen molar-refractivity contribution in [3.63, 3.8) is 0 Å². The first-order valence-electron chi connectivity index (χ1n) is 10.3. The summed E-state index contributed by atoms with van der Waals surface area (Å²) in [6, 6.07) is 19.5. The molecule has 1 aliphatic rings. The van der Waals surface area contributed by atoms with E-state index in [1.54, 1.807) is 0 Å².